The molecule has 0 aliphatic rings. The number of hydrogen-bond donors (Lipinski definition) is 4. The van der Waals surface area contributed by atoms with Crippen LogP contribution in [0.2, 0.25) is 0 Å². The van der Waals surface area contributed by atoms with Crippen molar-refractivity contribution in [1.29, 1.82) is 0 Å². The fraction of sp³-hybridized carbons (Fsp3) is 0.368. The lowest BCUT2D eigenvalue weighted by Crippen LogP contribution is -2.39. The normalized spacial score (nSPS) is 12.5. The molecule has 2 aromatic carbocycles. The van der Waals surface area contributed by atoms with Gasteiger partial charge in [-0.15, -0.1) is 0 Å². The zero-order chi connectivity index (χ0) is 20.4. The van der Waals surface area contributed by atoms with Gasteiger partial charge in [-0.05, 0) is 28.7 Å². The van der Waals surface area contributed by atoms with E-state index in [1.807, 2.05) is 56.3 Å². The van der Waals surface area contributed by atoms with Gasteiger partial charge in [0.1, 0.15) is 0 Å². The first-order chi connectivity index (χ1) is 12.8. The van der Waals surface area contributed by atoms with Crippen molar-refractivity contribution in [3.63, 3.8) is 0 Å². The van der Waals surface area contributed by atoms with E-state index < -0.39 is 25.1 Å². The van der Waals surface area contributed by atoms with E-state index in [0.29, 0.717) is 12.3 Å². The summed E-state index contributed by atoms with van der Waals surface area (Å²) in [5.41, 5.74) is 6.18. The zero-order valence-electron chi connectivity index (χ0n) is 15.4. The summed E-state index contributed by atoms with van der Waals surface area (Å²) in [4.78, 5) is 24.5. The number of carbonyl (C=O) groups is 1. The van der Waals surface area contributed by atoms with Gasteiger partial charge in [-0.2, -0.15) is 4.99 Å². The first-order valence-electron chi connectivity index (χ1n) is 8.64. The number of fused-ring (bicyclic) bond motifs is 1. The molecule has 0 aliphatic carbocycles. The Morgan fingerprint density at radius 1 is 1.19 bits per heavy atom. The Morgan fingerprint density at radius 2 is 1.81 bits per heavy atom. The van der Waals surface area contributed by atoms with Crippen molar-refractivity contribution in [2.75, 3.05) is 0 Å². The smallest absolute Gasteiger partial charge is 0.469 e. The number of rotatable bonds is 7. The van der Waals surface area contributed by atoms with Gasteiger partial charge in [0.2, 0.25) is 6.08 Å². The van der Waals surface area contributed by atoms with Crippen LogP contribution in [0.1, 0.15) is 25.8 Å². The van der Waals surface area contributed by atoms with Crippen molar-refractivity contribution < 1.29 is 24.7 Å². The van der Waals surface area contributed by atoms with Crippen LogP contribution in [0.5, 0.6) is 0 Å². The maximum absolute atomic E-state index is 11.0. The molecule has 0 saturated heterocycles. The van der Waals surface area contributed by atoms with E-state index in [0.717, 1.165) is 16.3 Å². The van der Waals surface area contributed by atoms with E-state index >= 15 is 0 Å². The number of carboxylic acid groups (broad SMARTS) is 1. The van der Waals surface area contributed by atoms with Crippen molar-refractivity contribution in [2.24, 2.45) is 16.6 Å². The Balaban J connectivity index is 0.000000345. The van der Waals surface area contributed by atoms with Crippen molar-refractivity contribution in [3.8, 4) is 0 Å². The topological polar surface area (TPSA) is 133 Å². The van der Waals surface area contributed by atoms with Crippen LogP contribution >= 0.6 is 0 Å². The SMILES string of the molecule is CC(C)C[C@H](N)B(O)O.O=C=N[C@@H](Cc1cccc2ccccc12)C(=O)O. The van der Waals surface area contributed by atoms with Crippen molar-refractivity contribution in [2.45, 2.75) is 38.7 Å². The molecule has 0 bridgehead atoms. The average molecular weight is 372 g/mol. The van der Waals surface area contributed by atoms with Crippen molar-refractivity contribution >= 4 is 29.9 Å². The van der Waals surface area contributed by atoms with Crippen molar-refractivity contribution in [1.82, 2.24) is 0 Å². The summed E-state index contributed by atoms with van der Waals surface area (Å²) in [6, 6.07) is 12.3. The number of carboxylic acids is 1. The summed E-state index contributed by atoms with van der Waals surface area (Å²) in [5, 5.41) is 28.0. The molecule has 0 aliphatic heterocycles. The molecule has 0 amide bonds. The molecule has 0 fully saturated rings. The Bertz CT molecular complexity index is 783. The van der Waals surface area contributed by atoms with Gasteiger partial charge >= 0.3 is 13.1 Å². The van der Waals surface area contributed by atoms with Crippen LogP contribution in [0, 0.1) is 5.92 Å². The summed E-state index contributed by atoms with van der Waals surface area (Å²) in [6.07, 6.45) is 2.15. The van der Waals surface area contributed by atoms with Gasteiger partial charge < -0.3 is 20.9 Å². The summed E-state index contributed by atoms with van der Waals surface area (Å²) in [7, 11) is -1.37. The standard InChI is InChI=1S/C14H11NO3.C5H14BNO2/c16-9-15-13(14(17)18)8-11-6-3-5-10-4-1-2-7-12(10)11;1-4(2)3-5(7)6(8)9/h1-7,13H,8H2,(H,17,18);4-5,8-9H,3,7H2,1-2H3/t13-;5-/m00/s1. The number of carbonyl (C=O) groups excluding carboxylic acids is 1. The molecular formula is C19H25BN2O5. The second-order valence-electron chi connectivity index (χ2n) is 6.62. The predicted molar refractivity (Wildman–Crippen MR) is 105 cm³/mol. The molecule has 27 heavy (non-hydrogen) atoms. The summed E-state index contributed by atoms with van der Waals surface area (Å²) < 4.78 is 0. The molecule has 0 radical (unpaired) electrons. The number of nitrogens with two attached hydrogens (primary N) is 1. The van der Waals surface area contributed by atoms with E-state index in [1.165, 1.54) is 6.08 Å². The average Bonchev–Trinajstić information content (AvgIpc) is 2.61. The monoisotopic (exact) mass is 372 g/mol. The second-order valence-corrected chi connectivity index (χ2v) is 6.62. The summed E-state index contributed by atoms with van der Waals surface area (Å²) >= 11 is 0. The number of hydrogen-bond acceptors (Lipinski definition) is 6. The van der Waals surface area contributed by atoms with Crippen LogP contribution < -0.4 is 5.73 Å². The molecule has 2 atom stereocenters. The highest BCUT2D eigenvalue weighted by Gasteiger charge is 2.19. The molecule has 5 N–H and O–H groups in total. The van der Waals surface area contributed by atoms with Crippen LogP contribution in [0.25, 0.3) is 10.8 Å². The third-order valence-electron chi connectivity index (χ3n) is 3.91. The number of isocyanates is 1. The van der Waals surface area contributed by atoms with Gasteiger partial charge in [-0.1, -0.05) is 56.3 Å². The van der Waals surface area contributed by atoms with E-state index in [1.54, 1.807) is 0 Å². The molecule has 7 nitrogen and oxygen atoms in total. The molecule has 2 aromatic rings. The maximum Gasteiger partial charge on any atom is 0.469 e. The highest BCUT2D eigenvalue weighted by atomic mass is 16.4. The quantitative estimate of drug-likeness (QED) is 0.331. The van der Waals surface area contributed by atoms with Crippen LogP contribution in [-0.4, -0.2) is 46.3 Å². The number of benzene rings is 2. The lowest BCUT2D eigenvalue weighted by atomic mass is 9.76. The molecule has 0 spiro atoms. The minimum absolute atomic E-state index is 0.186. The maximum atomic E-state index is 11.0. The van der Waals surface area contributed by atoms with Gasteiger partial charge in [0.15, 0.2) is 6.04 Å². The Labute approximate surface area is 158 Å². The largest absolute Gasteiger partial charge is 0.480 e. The first-order valence-corrected chi connectivity index (χ1v) is 8.64. The molecule has 0 heterocycles. The molecule has 0 saturated carbocycles. The molecular weight excluding hydrogens is 347 g/mol. The van der Waals surface area contributed by atoms with E-state index in [4.69, 9.17) is 20.9 Å². The molecule has 0 unspecified atom stereocenters. The van der Waals surface area contributed by atoms with E-state index in [2.05, 4.69) is 4.99 Å². The Morgan fingerprint density at radius 3 is 2.33 bits per heavy atom. The minimum atomic E-state index is -1.37. The number of aliphatic imine (C=N–C) groups is 1. The van der Waals surface area contributed by atoms with Crippen LogP contribution in [-0.2, 0) is 16.0 Å². The third-order valence-corrected chi connectivity index (χ3v) is 3.91. The Kier molecular flexibility index (Phi) is 9.40. The van der Waals surface area contributed by atoms with Crippen LogP contribution in [0.4, 0.5) is 0 Å². The van der Waals surface area contributed by atoms with Gasteiger partial charge in [-0.3, -0.25) is 0 Å². The highest BCUT2D eigenvalue weighted by molar-refractivity contribution is 6.43. The lowest BCUT2D eigenvalue weighted by Gasteiger charge is -2.11. The van der Waals surface area contributed by atoms with E-state index in [-0.39, 0.29) is 6.42 Å². The van der Waals surface area contributed by atoms with Gasteiger partial charge in [0, 0.05) is 12.4 Å². The third kappa shape index (κ3) is 7.72. The predicted octanol–water partition coefficient (Wildman–Crippen LogP) is 1.54. The highest BCUT2D eigenvalue weighted by Crippen LogP contribution is 2.20. The van der Waals surface area contributed by atoms with Gasteiger partial charge in [0.25, 0.3) is 0 Å². The molecule has 2 rings (SSSR count). The molecule has 0 aromatic heterocycles. The van der Waals surface area contributed by atoms with Gasteiger partial charge in [-0.25, -0.2) is 9.59 Å². The van der Waals surface area contributed by atoms with Crippen molar-refractivity contribution in [3.05, 3.63) is 48.0 Å². The fourth-order valence-corrected chi connectivity index (χ4v) is 2.60. The van der Waals surface area contributed by atoms with Crippen LogP contribution in [0.15, 0.2) is 47.5 Å². The lowest BCUT2D eigenvalue weighted by molar-refractivity contribution is -0.138. The van der Waals surface area contributed by atoms with Gasteiger partial charge in [0.05, 0.1) is 0 Å². The minimum Gasteiger partial charge on any atom is -0.480 e. The summed E-state index contributed by atoms with van der Waals surface area (Å²) in [6.45, 7) is 3.98. The fourth-order valence-electron chi connectivity index (χ4n) is 2.60. The summed E-state index contributed by atoms with van der Waals surface area (Å²) in [5.74, 6) is -1.20. The number of aliphatic carboxylic acids is 1. The second kappa shape index (κ2) is 11.3. The number of nitrogens with zero attached hydrogens (tertiary/aromatic N) is 1. The molecule has 144 valence electrons. The zero-order valence-corrected chi connectivity index (χ0v) is 15.4. The molecule has 8 heteroatoms. The van der Waals surface area contributed by atoms with E-state index in [9.17, 15) is 9.59 Å². The first kappa shape index (κ1) is 22.5. The Hall–Kier alpha value is -2.51. The van der Waals surface area contributed by atoms with Crippen LogP contribution in [0.3, 0.4) is 0 Å².